The summed E-state index contributed by atoms with van der Waals surface area (Å²) in [6.45, 7) is 4.44. The lowest BCUT2D eigenvalue weighted by molar-refractivity contribution is -0.150. The number of esters is 1. The van der Waals surface area contributed by atoms with Gasteiger partial charge in [0.25, 0.3) is 0 Å². The van der Waals surface area contributed by atoms with Crippen molar-refractivity contribution in [2.45, 2.75) is 180 Å². The smallest absolute Gasteiger partial charge is 0.306 e. The highest BCUT2D eigenvalue weighted by Gasteiger charge is 2.13. The van der Waals surface area contributed by atoms with Gasteiger partial charge >= 0.3 is 11.9 Å². The Morgan fingerprint density at radius 2 is 1.05 bits per heavy atom. The Labute approximate surface area is 236 Å². The molecule has 1 N–H and O–H groups in total. The van der Waals surface area contributed by atoms with Gasteiger partial charge in [-0.3, -0.25) is 9.59 Å². The van der Waals surface area contributed by atoms with Crippen LogP contribution < -0.4 is 0 Å². The average Bonchev–Trinajstić information content (AvgIpc) is 2.90. The van der Waals surface area contributed by atoms with Crippen LogP contribution in [0, 0.1) is 0 Å². The molecule has 4 nitrogen and oxygen atoms in total. The molecule has 222 valence electrons. The number of carbonyl (C=O) groups excluding carboxylic acids is 1. The largest absolute Gasteiger partial charge is 0.481 e. The van der Waals surface area contributed by atoms with Crippen LogP contribution in [0.15, 0.2) is 24.3 Å². The second-order valence-corrected chi connectivity index (χ2v) is 11.0. The lowest BCUT2D eigenvalue weighted by atomic mass is 10.0. The maximum absolute atomic E-state index is 12.4. The van der Waals surface area contributed by atoms with Crippen LogP contribution in [0.5, 0.6) is 0 Å². The molecule has 0 aromatic rings. The van der Waals surface area contributed by atoms with Crippen LogP contribution in [0.1, 0.15) is 174 Å². The summed E-state index contributed by atoms with van der Waals surface area (Å²) in [5.41, 5.74) is 0. The number of unbranched alkanes of at least 4 members (excludes halogenated alkanes) is 16. The summed E-state index contributed by atoms with van der Waals surface area (Å²) in [4.78, 5) is 22.9. The van der Waals surface area contributed by atoms with E-state index in [2.05, 4.69) is 38.2 Å². The minimum atomic E-state index is -0.686. The summed E-state index contributed by atoms with van der Waals surface area (Å²) in [5, 5.41) is 8.67. The molecule has 0 fully saturated rings. The fourth-order valence-electron chi connectivity index (χ4n) is 4.73. The molecular weight excluding hydrogens is 472 g/mol. The van der Waals surface area contributed by atoms with Gasteiger partial charge in [-0.2, -0.15) is 0 Å². The molecule has 0 saturated heterocycles. The number of rotatable bonds is 29. The number of hydrogen-bond acceptors (Lipinski definition) is 3. The van der Waals surface area contributed by atoms with Crippen LogP contribution in [0.2, 0.25) is 0 Å². The SMILES string of the molecule is CCCCC/C=C\C/C=C\CCCCCCCC(=O)OC(CCCC)CCCCCCCCCCC(=O)O. The van der Waals surface area contributed by atoms with E-state index >= 15 is 0 Å². The topological polar surface area (TPSA) is 63.6 Å². The Morgan fingerprint density at radius 1 is 0.579 bits per heavy atom. The first kappa shape index (κ1) is 36.4. The molecule has 0 aromatic heterocycles. The average molecular weight is 535 g/mol. The van der Waals surface area contributed by atoms with Crippen molar-refractivity contribution in [1.29, 1.82) is 0 Å². The second kappa shape index (κ2) is 30.0. The fraction of sp³-hybridized carbons (Fsp3) is 0.824. The van der Waals surface area contributed by atoms with Gasteiger partial charge in [-0.25, -0.2) is 0 Å². The molecule has 0 bridgehead atoms. The minimum Gasteiger partial charge on any atom is -0.481 e. The maximum atomic E-state index is 12.4. The third-order valence-electron chi connectivity index (χ3n) is 7.18. The lowest BCUT2D eigenvalue weighted by Crippen LogP contribution is -2.18. The van der Waals surface area contributed by atoms with Crippen molar-refractivity contribution < 1.29 is 19.4 Å². The van der Waals surface area contributed by atoms with Crippen molar-refractivity contribution in [2.75, 3.05) is 0 Å². The van der Waals surface area contributed by atoms with Crippen molar-refractivity contribution >= 4 is 11.9 Å². The van der Waals surface area contributed by atoms with Crippen molar-refractivity contribution in [3.63, 3.8) is 0 Å². The quantitative estimate of drug-likeness (QED) is 0.0589. The van der Waals surface area contributed by atoms with E-state index in [1.807, 2.05) is 0 Å². The van der Waals surface area contributed by atoms with Crippen LogP contribution in [0.3, 0.4) is 0 Å². The zero-order valence-corrected chi connectivity index (χ0v) is 25.2. The molecule has 0 aromatic carbocycles. The van der Waals surface area contributed by atoms with Crippen LogP contribution in [-0.4, -0.2) is 23.1 Å². The Balaban J connectivity index is 3.72. The summed E-state index contributed by atoms with van der Waals surface area (Å²) in [7, 11) is 0. The first-order valence-corrected chi connectivity index (χ1v) is 16.3. The molecule has 0 rings (SSSR count). The second-order valence-electron chi connectivity index (χ2n) is 11.0. The highest BCUT2D eigenvalue weighted by molar-refractivity contribution is 5.69. The lowest BCUT2D eigenvalue weighted by Gasteiger charge is -2.18. The first-order valence-electron chi connectivity index (χ1n) is 16.3. The van der Waals surface area contributed by atoms with E-state index in [4.69, 9.17) is 9.84 Å². The van der Waals surface area contributed by atoms with Crippen molar-refractivity contribution in [3.8, 4) is 0 Å². The van der Waals surface area contributed by atoms with Gasteiger partial charge in [-0.1, -0.05) is 122 Å². The highest BCUT2D eigenvalue weighted by atomic mass is 16.5. The molecule has 1 unspecified atom stereocenters. The van der Waals surface area contributed by atoms with Gasteiger partial charge in [0.1, 0.15) is 6.10 Å². The van der Waals surface area contributed by atoms with Gasteiger partial charge in [0, 0.05) is 12.8 Å². The van der Waals surface area contributed by atoms with E-state index in [1.165, 1.54) is 70.6 Å². The predicted molar refractivity (Wildman–Crippen MR) is 163 cm³/mol. The number of carboxylic acid groups (broad SMARTS) is 1. The van der Waals surface area contributed by atoms with Crippen LogP contribution in [0.4, 0.5) is 0 Å². The van der Waals surface area contributed by atoms with E-state index in [9.17, 15) is 9.59 Å². The zero-order valence-electron chi connectivity index (χ0n) is 25.2. The Bertz CT molecular complexity index is 581. The molecule has 0 aliphatic carbocycles. The number of ether oxygens (including phenoxy) is 1. The first-order chi connectivity index (χ1) is 18.6. The van der Waals surface area contributed by atoms with E-state index in [1.54, 1.807) is 0 Å². The number of carboxylic acids is 1. The van der Waals surface area contributed by atoms with Gasteiger partial charge in [-0.05, 0) is 64.2 Å². The minimum absolute atomic E-state index is 0.00172. The third kappa shape index (κ3) is 29.0. The number of hydrogen-bond donors (Lipinski definition) is 1. The Morgan fingerprint density at radius 3 is 1.63 bits per heavy atom. The van der Waals surface area contributed by atoms with Crippen molar-refractivity contribution in [3.05, 3.63) is 24.3 Å². The van der Waals surface area contributed by atoms with Crippen LogP contribution >= 0.6 is 0 Å². The Kier molecular flexibility index (Phi) is 28.7. The molecule has 38 heavy (non-hydrogen) atoms. The monoisotopic (exact) mass is 534 g/mol. The van der Waals surface area contributed by atoms with E-state index < -0.39 is 5.97 Å². The molecule has 0 radical (unpaired) electrons. The van der Waals surface area contributed by atoms with Gasteiger partial charge in [-0.15, -0.1) is 0 Å². The van der Waals surface area contributed by atoms with Crippen LogP contribution in [0.25, 0.3) is 0 Å². The molecule has 0 spiro atoms. The Hall–Kier alpha value is -1.58. The van der Waals surface area contributed by atoms with E-state index in [-0.39, 0.29) is 12.1 Å². The number of carbonyl (C=O) groups is 2. The highest BCUT2D eigenvalue weighted by Crippen LogP contribution is 2.17. The molecule has 0 aliphatic heterocycles. The van der Waals surface area contributed by atoms with Gasteiger partial charge in [0.05, 0.1) is 0 Å². The van der Waals surface area contributed by atoms with Crippen molar-refractivity contribution in [1.82, 2.24) is 0 Å². The number of aliphatic carboxylic acids is 1. The summed E-state index contributed by atoms with van der Waals surface area (Å²) >= 11 is 0. The summed E-state index contributed by atoms with van der Waals surface area (Å²) in [5.74, 6) is -0.688. The van der Waals surface area contributed by atoms with E-state index in [0.717, 1.165) is 77.0 Å². The summed E-state index contributed by atoms with van der Waals surface area (Å²) < 4.78 is 5.86. The molecule has 0 amide bonds. The van der Waals surface area contributed by atoms with Gasteiger partial charge < -0.3 is 9.84 Å². The third-order valence-corrected chi connectivity index (χ3v) is 7.18. The predicted octanol–water partition coefficient (Wildman–Crippen LogP) is 10.9. The zero-order chi connectivity index (χ0) is 27.9. The molecule has 0 aliphatic rings. The molecule has 4 heteroatoms. The van der Waals surface area contributed by atoms with Crippen LogP contribution in [-0.2, 0) is 14.3 Å². The summed E-state index contributed by atoms with van der Waals surface area (Å²) in [6.07, 6.45) is 36.5. The molecular formula is C34H62O4. The van der Waals surface area contributed by atoms with Crippen molar-refractivity contribution in [2.24, 2.45) is 0 Å². The fourth-order valence-corrected chi connectivity index (χ4v) is 4.73. The van der Waals surface area contributed by atoms with Gasteiger partial charge in [0.15, 0.2) is 0 Å². The standard InChI is InChI=1S/C34H62O4/c1-3-5-7-8-9-10-11-12-13-14-15-16-21-24-27-31-34(37)38-32(28-6-4-2)29-25-22-19-17-18-20-23-26-30-33(35)36/h9-10,12-13,32H,3-8,11,14-31H2,1-2H3,(H,35,36)/b10-9-,13-12-. The van der Waals surface area contributed by atoms with E-state index in [0.29, 0.717) is 12.8 Å². The molecule has 1 atom stereocenters. The normalized spacial score (nSPS) is 12.5. The summed E-state index contributed by atoms with van der Waals surface area (Å²) in [6, 6.07) is 0. The van der Waals surface area contributed by atoms with Gasteiger partial charge in [0.2, 0.25) is 0 Å². The maximum Gasteiger partial charge on any atom is 0.306 e. The number of allylic oxidation sites excluding steroid dienone is 4. The molecule has 0 heterocycles. The molecule has 0 saturated carbocycles.